The van der Waals surface area contributed by atoms with Gasteiger partial charge in [0.25, 0.3) is 0 Å². The van der Waals surface area contributed by atoms with Crippen LogP contribution in [-0.4, -0.2) is 29.6 Å². The molecule has 1 unspecified atom stereocenters. The quantitative estimate of drug-likeness (QED) is 0.502. The Morgan fingerprint density at radius 3 is 2.65 bits per heavy atom. The number of rotatable bonds is 6. The predicted molar refractivity (Wildman–Crippen MR) is 85.0 cm³/mol. The van der Waals surface area contributed by atoms with Crippen LogP contribution in [0.4, 0.5) is 0 Å². The first-order chi connectivity index (χ1) is 10.9. The van der Waals surface area contributed by atoms with Crippen molar-refractivity contribution in [2.75, 3.05) is 13.7 Å². The standard InChI is InChI=1S/C16H20N2O5/c1-5-23-15(19)16(10(2)3,18(20)21)13-9-17-14-7-6-11(22-4)8-12(13)14/h6-10,17H,5H2,1-4H3. The molecule has 1 aromatic carbocycles. The number of ether oxygens (including phenoxy) is 2. The maximum atomic E-state index is 12.5. The lowest BCUT2D eigenvalue weighted by atomic mass is 9.80. The highest BCUT2D eigenvalue weighted by molar-refractivity contribution is 5.92. The third-order valence-electron chi connectivity index (χ3n) is 4.01. The molecule has 1 N–H and O–H groups in total. The fourth-order valence-corrected chi connectivity index (χ4v) is 2.82. The van der Waals surface area contributed by atoms with Crippen molar-refractivity contribution in [3.63, 3.8) is 0 Å². The molecule has 1 aromatic heterocycles. The minimum Gasteiger partial charge on any atom is -0.497 e. The summed E-state index contributed by atoms with van der Waals surface area (Å²) in [6.45, 7) is 4.98. The Hall–Kier alpha value is -2.57. The Morgan fingerprint density at radius 1 is 1.43 bits per heavy atom. The Labute approximate surface area is 133 Å². The molecule has 7 heteroatoms. The first-order valence-corrected chi connectivity index (χ1v) is 7.36. The number of hydrogen-bond acceptors (Lipinski definition) is 5. The predicted octanol–water partition coefficient (Wildman–Crippen LogP) is 2.87. The van der Waals surface area contributed by atoms with Gasteiger partial charge in [0.05, 0.1) is 19.3 Å². The number of esters is 1. The van der Waals surface area contributed by atoms with Gasteiger partial charge < -0.3 is 14.5 Å². The molecule has 124 valence electrons. The number of aromatic nitrogens is 1. The van der Waals surface area contributed by atoms with Crippen molar-refractivity contribution in [2.45, 2.75) is 26.3 Å². The zero-order chi connectivity index (χ0) is 17.2. The molecule has 2 rings (SSSR count). The van der Waals surface area contributed by atoms with Gasteiger partial charge in [0.2, 0.25) is 0 Å². The Morgan fingerprint density at radius 2 is 2.13 bits per heavy atom. The molecule has 0 aliphatic rings. The van der Waals surface area contributed by atoms with Crippen LogP contribution in [-0.2, 0) is 15.1 Å². The van der Waals surface area contributed by atoms with Crippen LogP contribution >= 0.6 is 0 Å². The molecule has 0 aliphatic carbocycles. The van der Waals surface area contributed by atoms with Gasteiger partial charge in [-0.25, -0.2) is 4.79 Å². The Balaban J connectivity index is 2.78. The van der Waals surface area contributed by atoms with E-state index in [4.69, 9.17) is 9.47 Å². The lowest BCUT2D eigenvalue weighted by molar-refractivity contribution is -0.573. The summed E-state index contributed by atoms with van der Waals surface area (Å²) in [6.07, 6.45) is 1.50. The molecule has 0 aliphatic heterocycles. The second-order valence-corrected chi connectivity index (χ2v) is 5.51. The highest BCUT2D eigenvalue weighted by Crippen LogP contribution is 2.39. The van der Waals surface area contributed by atoms with Crippen LogP contribution in [0, 0.1) is 16.0 Å². The van der Waals surface area contributed by atoms with E-state index >= 15 is 0 Å². The fourth-order valence-electron chi connectivity index (χ4n) is 2.82. The van der Waals surface area contributed by atoms with Gasteiger partial charge in [-0.3, -0.25) is 10.1 Å². The lowest BCUT2D eigenvalue weighted by Crippen LogP contribution is -2.49. The van der Waals surface area contributed by atoms with Gasteiger partial charge in [0.1, 0.15) is 5.75 Å². The molecule has 2 aromatic rings. The highest BCUT2D eigenvalue weighted by Gasteiger charge is 2.58. The second-order valence-electron chi connectivity index (χ2n) is 5.51. The molecule has 0 bridgehead atoms. The Bertz CT molecular complexity index is 737. The third kappa shape index (κ3) is 2.52. The molecule has 0 saturated carbocycles. The van der Waals surface area contributed by atoms with E-state index in [2.05, 4.69) is 4.98 Å². The van der Waals surface area contributed by atoms with Crippen molar-refractivity contribution in [1.29, 1.82) is 0 Å². The van der Waals surface area contributed by atoms with Crippen LogP contribution in [0.2, 0.25) is 0 Å². The van der Waals surface area contributed by atoms with Crippen LogP contribution < -0.4 is 4.74 Å². The van der Waals surface area contributed by atoms with E-state index in [9.17, 15) is 14.9 Å². The van der Waals surface area contributed by atoms with Gasteiger partial charge in [-0.15, -0.1) is 0 Å². The van der Waals surface area contributed by atoms with E-state index in [1.807, 2.05) is 0 Å². The van der Waals surface area contributed by atoms with Crippen molar-refractivity contribution in [3.05, 3.63) is 40.1 Å². The van der Waals surface area contributed by atoms with Gasteiger partial charge in [-0.05, 0) is 25.1 Å². The molecule has 0 saturated heterocycles. The van der Waals surface area contributed by atoms with E-state index in [1.54, 1.807) is 39.0 Å². The molecule has 0 fully saturated rings. The number of carbonyl (C=O) groups excluding carboxylic acids is 1. The maximum Gasteiger partial charge on any atom is 0.390 e. The lowest BCUT2D eigenvalue weighted by Gasteiger charge is -2.26. The summed E-state index contributed by atoms with van der Waals surface area (Å²) in [7, 11) is 1.52. The first kappa shape index (κ1) is 16.8. The molecular weight excluding hydrogens is 300 g/mol. The summed E-state index contributed by atoms with van der Waals surface area (Å²) in [4.78, 5) is 26.9. The Kier molecular flexibility index (Phi) is 4.58. The van der Waals surface area contributed by atoms with Crippen LogP contribution in [0.25, 0.3) is 10.9 Å². The topological polar surface area (TPSA) is 94.5 Å². The van der Waals surface area contributed by atoms with Crippen LogP contribution in [0.15, 0.2) is 24.4 Å². The molecule has 23 heavy (non-hydrogen) atoms. The third-order valence-corrected chi connectivity index (χ3v) is 4.01. The fraction of sp³-hybridized carbons (Fsp3) is 0.438. The zero-order valence-electron chi connectivity index (χ0n) is 13.6. The first-order valence-electron chi connectivity index (χ1n) is 7.36. The number of nitro groups is 1. The van der Waals surface area contributed by atoms with Gasteiger partial charge in [-0.1, -0.05) is 13.8 Å². The number of methoxy groups -OCH3 is 1. The minimum absolute atomic E-state index is 0.0762. The molecule has 0 radical (unpaired) electrons. The van der Waals surface area contributed by atoms with Crippen LogP contribution in [0.5, 0.6) is 5.75 Å². The minimum atomic E-state index is -1.97. The van der Waals surface area contributed by atoms with Gasteiger partial charge in [-0.2, -0.15) is 0 Å². The summed E-state index contributed by atoms with van der Waals surface area (Å²) >= 11 is 0. The van der Waals surface area contributed by atoms with E-state index in [0.29, 0.717) is 16.7 Å². The molecule has 7 nitrogen and oxygen atoms in total. The van der Waals surface area contributed by atoms with E-state index in [1.165, 1.54) is 13.3 Å². The number of hydrogen-bond donors (Lipinski definition) is 1. The average Bonchev–Trinajstić information content (AvgIpc) is 2.91. The van der Waals surface area contributed by atoms with Crippen molar-refractivity contribution in [2.24, 2.45) is 5.92 Å². The van der Waals surface area contributed by atoms with E-state index < -0.39 is 22.3 Å². The molecule has 0 amide bonds. The second kappa shape index (κ2) is 6.28. The highest BCUT2D eigenvalue weighted by atomic mass is 16.6. The van der Waals surface area contributed by atoms with Crippen molar-refractivity contribution in [1.82, 2.24) is 4.98 Å². The van der Waals surface area contributed by atoms with E-state index in [0.717, 1.165) is 0 Å². The number of nitrogens with one attached hydrogen (secondary N) is 1. The van der Waals surface area contributed by atoms with Crippen molar-refractivity contribution in [3.8, 4) is 5.75 Å². The number of nitrogens with zero attached hydrogens (tertiary/aromatic N) is 1. The summed E-state index contributed by atoms with van der Waals surface area (Å²) in [6, 6.07) is 5.19. The number of fused-ring (bicyclic) bond motifs is 1. The number of aromatic amines is 1. The summed E-state index contributed by atoms with van der Waals surface area (Å²) < 4.78 is 10.2. The number of carbonyl (C=O) groups is 1. The molecular formula is C16H20N2O5. The van der Waals surface area contributed by atoms with Crippen LogP contribution in [0.1, 0.15) is 26.3 Å². The summed E-state index contributed by atoms with van der Waals surface area (Å²) in [5.74, 6) is -0.895. The van der Waals surface area contributed by atoms with Gasteiger partial charge in [0.15, 0.2) is 0 Å². The number of benzene rings is 1. The normalized spacial score (nSPS) is 13.8. The van der Waals surface area contributed by atoms with Gasteiger partial charge in [0, 0.05) is 27.9 Å². The van der Waals surface area contributed by atoms with Crippen molar-refractivity contribution < 1.29 is 19.2 Å². The number of H-pyrrole nitrogens is 1. The van der Waals surface area contributed by atoms with Gasteiger partial charge >= 0.3 is 11.5 Å². The monoisotopic (exact) mass is 320 g/mol. The summed E-state index contributed by atoms with van der Waals surface area (Å²) in [5.41, 5.74) is -0.998. The smallest absolute Gasteiger partial charge is 0.390 e. The zero-order valence-corrected chi connectivity index (χ0v) is 13.6. The largest absolute Gasteiger partial charge is 0.497 e. The molecule has 1 atom stereocenters. The van der Waals surface area contributed by atoms with E-state index in [-0.39, 0.29) is 12.2 Å². The van der Waals surface area contributed by atoms with Crippen LogP contribution in [0.3, 0.4) is 0 Å². The summed E-state index contributed by atoms with van der Waals surface area (Å²) in [5, 5.41) is 12.5. The SMILES string of the molecule is CCOC(=O)C(c1c[nH]c2ccc(OC)cc12)(C(C)C)[N+](=O)[O-]. The van der Waals surface area contributed by atoms with Crippen molar-refractivity contribution >= 4 is 16.9 Å². The average molecular weight is 320 g/mol. The maximum absolute atomic E-state index is 12.5. The molecule has 1 heterocycles. The molecule has 0 spiro atoms.